The Labute approximate surface area is 115 Å². The van der Waals surface area contributed by atoms with Gasteiger partial charge in [-0.3, -0.25) is 4.99 Å². The average molecular weight is 266 g/mol. The van der Waals surface area contributed by atoms with Crippen LogP contribution >= 0.6 is 11.8 Å². The van der Waals surface area contributed by atoms with E-state index in [4.69, 9.17) is 4.99 Å². The van der Waals surface area contributed by atoms with E-state index in [1.165, 1.54) is 68.8 Å². The van der Waals surface area contributed by atoms with Crippen LogP contribution in [0.2, 0.25) is 0 Å². The summed E-state index contributed by atoms with van der Waals surface area (Å²) < 4.78 is 0. The van der Waals surface area contributed by atoms with Gasteiger partial charge in [0.15, 0.2) is 5.17 Å². The Morgan fingerprint density at radius 1 is 1.22 bits per heavy atom. The van der Waals surface area contributed by atoms with Gasteiger partial charge in [-0.05, 0) is 42.9 Å². The fraction of sp³-hybridized carbons (Fsp3) is 0.933. The molecule has 0 aromatic rings. The third kappa shape index (κ3) is 2.71. The lowest BCUT2D eigenvalue weighted by Crippen LogP contribution is -2.35. The van der Waals surface area contributed by atoms with Gasteiger partial charge in [0.1, 0.15) is 0 Å². The monoisotopic (exact) mass is 266 g/mol. The molecule has 2 saturated carbocycles. The fourth-order valence-corrected chi connectivity index (χ4v) is 4.72. The largest absolute Gasteiger partial charge is 0.364 e. The van der Waals surface area contributed by atoms with Crippen molar-refractivity contribution >= 4 is 16.9 Å². The van der Waals surface area contributed by atoms with Crippen molar-refractivity contribution < 1.29 is 0 Å². The third-order valence-electron chi connectivity index (χ3n) is 5.09. The lowest BCUT2D eigenvalue weighted by molar-refractivity contribution is 0.357. The van der Waals surface area contributed by atoms with Crippen molar-refractivity contribution in [2.24, 2.45) is 15.8 Å². The Kier molecular flexibility index (Phi) is 3.61. The Balaban J connectivity index is 1.48. The van der Waals surface area contributed by atoms with Crippen molar-refractivity contribution in [3.05, 3.63) is 0 Å². The summed E-state index contributed by atoms with van der Waals surface area (Å²) in [4.78, 5) is 4.82. The molecule has 3 aliphatic rings. The van der Waals surface area contributed by atoms with Crippen LogP contribution in [0.1, 0.15) is 58.3 Å². The summed E-state index contributed by atoms with van der Waals surface area (Å²) in [6.07, 6.45) is 11.3. The van der Waals surface area contributed by atoms with Crippen LogP contribution < -0.4 is 5.32 Å². The number of nitrogens with one attached hydrogen (secondary N) is 1. The van der Waals surface area contributed by atoms with Gasteiger partial charge >= 0.3 is 0 Å². The summed E-state index contributed by atoms with van der Waals surface area (Å²) in [5.41, 5.74) is 1.22. The number of rotatable bonds is 4. The average Bonchev–Trinajstić information content (AvgIpc) is 3.01. The molecule has 0 bridgehead atoms. The topological polar surface area (TPSA) is 24.4 Å². The summed E-state index contributed by atoms with van der Waals surface area (Å²) in [5.74, 6) is 1.31. The number of thioether (sulfide) groups is 1. The van der Waals surface area contributed by atoms with E-state index in [9.17, 15) is 0 Å². The standard InChI is InChI=1S/C15H26N2S/c1-2-5-14(8-9-14)10-16-13-17-11-15(12-18-13)6-3-4-7-15/h2-12H2,1H3,(H,16,17). The first-order chi connectivity index (χ1) is 8.76. The number of hydrogen-bond acceptors (Lipinski definition) is 3. The molecular formula is C15H26N2S. The van der Waals surface area contributed by atoms with E-state index in [2.05, 4.69) is 12.2 Å². The summed E-state index contributed by atoms with van der Waals surface area (Å²) in [6.45, 7) is 4.56. The lowest BCUT2D eigenvalue weighted by Gasteiger charge is -2.31. The minimum Gasteiger partial charge on any atom is -0.364 e. The summed E-state index contributed by atoms with van der Waals surface area (Å²) in [6, 6.07) is 0. The van der Waals surface area contributed by atoms with Crippen molar-refractivity contribution in [1.82, 2.24) is 5.32 Å². The lowest BCUT2D eigenvalue weighted by atomic mass is 9.89. The predicted octanol–water partition coefficient (Wildman–Crippen LogP) is 3.82. The molecule has 1 N–H and O–H groups in total. The Morgan fingerprint density at radius 2 is 2.00 bits per heavy atom. The third-order valence-corrected chi connectivity index (χ3v) is 6.39. The van der Waals surface area contributed by atoms with E-state index in [0.717, 1.165) is 6.54 Å². The van der Waals surface area contributed by atoms with Crippen LogP contribution in [0.4, 0.5) is 0 Å². The van der Waals surface area contributed by atoms with Gasteiger partial charge < -0.3 is 5.32 Å². The molecule has 18 heavy (non-hydrogen) atoms. The molecule has 0 unspecified atom stereocenters. The number of hydrogen-bond donors (Lipinski definition) is 1. The molecule has 0 aromatic heterocycles. The summed E-state index contributed by atoms with van der Waals surface area (Å²) in [5, 5.41) is 4.86. The van der Waals surface area contributed by atoms with Crippen LogP contribution in [-0.2, 0) is 0 Å². The first-order valence-electron chi connectivity index (χ1n) is 7.67. The smallest absolute Gasteiger partial charge is 0.156 e. The van der Waals surface area contributed by atoms with Crippen LogP contribution in [0.15, 0.2) is 4.99 Å². The van der Waals surface area contributed by atoms with Gasteiger partial charge in [-0.15, -0.1) is 0 Å². The van der Waals surface area contributed by atoms with Gasteiger partial charge in [-0.1, -0.05) is 37.9 Å². The molecule has 2 aliphatic carbocycles. The number of amidine groups is 1. The molecule has 2 fully saturated rings. The van der Waals surface area contributed by atoms with Gasteiger partial charge in [0, 0.05) is 18.8 Å². The van der Waals surface area contributed by atoms with Crippen molar-refractivity contribution in [1.29, 1.82) is 0 Å². The van der Waals surface area contributed by atoms with Crippen LogP contribution in [-0.4, -0.2) is 24.0 Å². The maximum Gasteiger partial charge on any atom is 0.156 e. The number of aliphatic imine (C=N–C) groups is 1. The molecule has 1 spiro atoms. The van der Waals surface area contributed by atoms with Crippen LogP contribution in [0.5, 0.6) is 0 Å². The molecule has 0 aromatic carbocycles. The zero-order chi connectivity index (χ0) is 12.5. The molecule has 2 nitrogen and oxygen atoms in total. The van der Waals surface area contributed by atoms with E-state index in [-0.39, 0.29) is 0 Å². The maximum atomic E-state index is 4.82. The second-order valence-electron chi connectivity index (χ2n) is 6.72. The normalized spacial score (nSPS) is 28.2. The second kappa shape index (κ2) is 5.07. The molecule has 1 heterocycles. The van der Waals surface area contributed by atoms with Crippen molar-refractivity contribution in [2.75, 3.05) is 18.8 Å². The molecule has 0 atom stereocenters. The fourth-order valence-electron chi connectivity index (χ4n) is 3.57. The Morgan fingerprint density at radius 3 is 2.56 bits per heavy atom. The highest BCUT2D eigenvalue weighted by Gasteiger charge is 2.42. The van der Waals surface area contributed by atoms with E-state index in [0.29, 0.717) is 10.8 Å². The molecule has 0 radical (unpaired) electrons. The summed E-state index contributed by atoms with van der Waals surface area (Å²) in [7, 11) is 0. The van der Waals surface area contributed by atoms with E-state index >= 15 is 0 Å². The molecule has 3 rings (SSSR count). The maximum absolute atomic E-state index is 4.82. The summed E-state index contributed by atoms with van der Waals surface area (Å²) >= 11 is 1.98. The molecule has 1 aliphatic heterocycles. The minimum absolute atomic E-state index is 0.580. The quantitative estimate of drug-likeness (QED) is 0.836. The highest BCUT2D eigenvalue weighted by molar-refractivity contribution is 8.13. The molecule has 3 heteroatoms. The zero-order valence-corrected chi connectivity index (χ0v) is 12.5. The second-order valence-corrected chi connectivity index (χ2v) is 7.68. The van der Waals surface area contributed by atoms with Gasteiger partial charge in [0.2, 0.25) is 0 Å². The van der Waals surface area contributed by atoms with Crippen molar-refractivity contribution in [3.63, 3.8) is 0 Å². The van der Waals surface area contributed by atoms with Crippen molar-refractivity contribution in [2.45, 2.75) is 58.3 Å². The molecule has 0 saturated heterocycles. The van der Waals surface area contributed by atoms with Gasteiger partial charge in [-0.25, -0.2) is 0 Å². The van der Waals surface area contributed by atoms with Crippen molar-refractivity contribution in [3.8, 4) is 0 Å². The predicted molar refractivity (Wildman–Crippen MR) is 80.2 cm³/mol. The van der Waals surface area contributed by atoms with Crippen LogP contribution in [0, 0.1) is 10.8 Å². The Bertz CT molecular complexity index is 327. The van der Waals surface area contributed by atoms with Crippen LogP contribution in [0.25, 0.3) is 0 Å². The number of nitrogens with zero attached hydrogens (tertiary/aromatic N) is 1. The van der Waals surface area contributed by atoms with E-state index < -0.39 is 0 Å². The highest BCUT2D eigenvalue weighted by atomic mass is 32.2. The van der Waals surface area contributed by atoms with Gasteiger partial charge in [-0.2, -0.15) is 0 Å². The molecule has 102 valence electrons. The molecule has 0 amide bonds. The zero-order valence-electron chi connectivity index (χ0n) is 11.6. The van der Waals surface area contributed by atoms with Gasteiger partial charge in [0.05, 0.1) is 0 Å². The van der Waals surface area contributed by atoms with E-state index in [1.807, 2.05) is 11.8 Å². The van der Waals surface area contributed by atoms with E-state index in [1.54, 1.807) is 0 Å². The minimum atomic E-state index is 0.580. The Hall–Kier alpha value is -0.180. The first kappa shape index (κ1) is 12.8. The first-order valence-corrected chi connectivity index (χ1v) is 8.66. The van der Waals surface area contributed by atoms with Crippen LogP contribution in [0.3, 0.4) is 0 Å². The SMILES string of the molecule is CCCC1(CNC2=NCC3(CCCC3)CS2)CC1. The highest BCUT2D eigenvalue weighted by Crippen LogP contribution is 2.49. The molecular weight excluding hydrogens is 240 g/mol. The van der Waals surface area contributed by atoms with Gasteiger partial charge in [0.25, 0.3) is 0 Å².